The molecule has 0 fully saturated rings. The molecule has 0 aromatic rings. The van der Waals surface area contributed by atoms with Gasteiger partial charge in [-0.3, -0.25) is 19.2 Å². The highest BCUT2D eigenvalue weighted by atomic mass is 16.7. The van der Waals surface area contributed by atoms with Crippen LogP contribution < -0.4 is 0 Å². The van der Waals surface area contributed by atoms with Gasteiger partial charge in [0.2, 0.25) is 13.6 Å². The third kappa shape index (κ3) is 7.80. The molecule has 0 rings (SSSR count). The van der Waals surface area contributed by atoms with Crippen molar-refractivity contribution in [1.82, 2.24) is 0 Å². The second-order valence-corrected chi connectivity index (χ2v) is 8.17. The summed E-state index contributed by atoms with van der Waals surface area (Å²) in [5, 5.41) is 0. The third-order valence-electron chi connectivity index (χ3n) is 3.33. The Balaban J connectivity index is 4.84. The second kappa shape index (κ2) is 9.53. The number of esters is 4. The molecule has 0 amide bonds. The van der Waals surface area contributed by atoms with E-state index in [0.29, 0.717) is 0 Å². The van der Waals surface area contributed by atoms with E-state index in [-0.39, 0.29) is 0 Å². The normalized spacial score (nSPS) is 12.4. The molecule has 154 valence electrons. The Morgan fingerprint density at radius 3 is 1.19 bits per heavy atom. The first-order valence-corrected chi connectivity index (χ1v) is 8.49. The van der Waals surface area contributed by atoms with E-state index in [1.807, 2.05) is 0 Å². The number of rotatable bonds is 7. The summed E-state index contributed by atoms with van der Waals surface area (Å²) in [4.78, 5) is 48.0. The lowest BCUT2D eigenvalue weighted by Crippen LogP contribution is -2.39. The number of ether oxygens (including phenoxy) is 4. The van der Waals surface area contributed by atoms with Gasteiger partial charge in [0.25, 0.3) is 0 Å². The molecule has 0 N–H and O–H groups in total. The van der Waals surface area contributed by atoms with Crippen LogP contribution in [0.5, 0.6) is 0 Å². The van der Waals surface area contributed by atoms with Crippen LogP contribution in [-0.4, -0.2) is 37.5 Å². The van der Waals surface area contributed by atoms with E-state index in [4.69, 9.17) is 18.9 Å². The fraction of sp³-hybridized carbons (Fsp3) is 0.684. The van der Waals surface area contributed by atoms with E-state index in [9.17, 15) is 19.2 Å². The molecule has 0 radical (unpaired) electrons. The van der Waals surface area contributed by atoms with Gasteiger partial charge >= 0.3 is 23.9 Å². The van der Waals surface area contributed by atoms with Crippen molar-refractivity contribution in [3.05, 3.63) is 12.2 Å². The maximum atomic E-state index is 12.3. The molecule has 0 saturated heterocycles. The second-order valence-electron chi connectivity index (χ2n) is 8.17. The van der Waals surface area contributed by atoms with Crippen molar-refractivity contribution in [3.63, 3.8) is 0 Å². The lowest BCUT2D eigenvalue weighted by Gasteiger charge is -2.23. The quantitative estimate of drug-likeness (QED) is 0.285. The number of allylic oxidation sites excluding steroid dienone is 1. The minimum atomic E-state index is -1.78. The maximum absolute atomic E-state index is 12.3. The summed E-state index contributed by atoms with van der Waals surface area (Å²) >= 11 is 0. The number of hydrogen-bond donors (Lipinski definition) is 0. The van der Waals surface area contributed by atoms with Gasteiger partial charge < -0.3 is 18.9 Å². The monoisotopic (exact) mass is 386 g/mol. The fourth-order valence-corrected chi connectivity index (χ4v) is 1.56. The lowest BCUT2D eigenvalue weighted by molar-refractivity contribution is -0.186. The molecule has 0 atom stereocenters. The van der Waals surface area contributed by atoms with Gasteiger partial charge in [0.15, 0.2) is 5.41 Å². The predicted octanol–water partition coefficient (Wildman–Crippen LogP) is 2.75. The van der Waals surface area contributed by atoms with Crippen molar-refractivity contribution in [2.75, 3.05) is 13.6 Å². The van der Waals surface area contributed by atoms with Crippen LogP contribution in [0.1, 0.15) is 55.4 Å². The zero-order valence-electron chi connectivity index (χ0n) is 17.3. The van der Waals surface area contributed by atoms with Crippen molar-refractivity contribution in [1.29, 1.82) is 0 Å². The standard InChI is InChI=1S/C19H30O8/c1-9-10-19(8,15(22)26-11-24-13(20)17(2,3)4)16(23)27-12-25-14(21)18(5,6)7/h9-10H,11-12H2,1-8H3. The van der Waals surface area contributed by atoms with Crippen molar-refractivity contribution in [3.8, 4) is 0 Å². The highest BCUT2D eigenvalue weighted by Gasteiger charge is 2.42. The van der Waals surface area contributed by atoms with Gasteiger partial charge in [-0.15, -0.1) is 0 Å². The van der Waals surface area contributed by atoms with Crippen molar-refractivity contribution >= 4 is 23.9 Å². The Labute approximate surface area is 160 Å². The molecule has 27 heavy (non-hydrogen) atoms. The molecule has 0 heterocycles. The van der Waals surface area contributed by atoms with Crippen LogP contribution in [0.2, 0.25) is 0 Å². The first-order valence-electron chi connectivity index (χ1n) is 8.49. The summed E-state index contributed by atoms with van der Waals surface area (Å²) in [7, 11) is 0. The molecule has 8 heteroatoms. The molecule has 0 unspecified atom stereocenters. The van der Waals surface area contributed by atoms with E-state index in [1.54, 1.807) is 48.5 Å². The summed E-state index contributed by atoms with van der Waals surface area (Å²) < 4.78 is 19.5. The summed E-state index contributed by atoms with van der Waals surface area (Å²) in [6.07, 6.45) is 2.76. The number of carbonyl (C=O) groups excluding carboxylic acids is 4. The Morgan fingerprint density at radius 1 is 0.630 bits per heavy atom. The highest BCUT2D eigenvalue weighted by Crippen LogP contribution is 2.24. The fourth-order valence-electron chi connectivity index (χ4n) is 1.56. The molecule has 0 aliphatic carbocycles. The highest BCUT2D eigenvalue weighted by molar-refractivity contribution is 6.01. The van der Waals surface area contributed by atoms with Gasteiger partial charge in [0.05, 0.1) is 10.8 Å². The Hall–Kier alpha value is -2.38. The molecule has 0 aromatic carbocycles. The topological polar surface area (TPSA) is 105 Å². The van der Waals surface area contributed by atoms with Gasteiger partial charge in [-0.2, -0.15) is 0 Å². The van der Waals surface area contributed by atoms with Crippen LogP contribution in [0.3, 0.4) is 0 Å². The van der Waals surface area contributed by atoms with Crippen LogP contribution in [0.4, 0.5) is 0 Å². The Morgan fingerprint density at radius 2 is 0.926 bits per heavy atom. The number of hydrogen-bond acceptors (Lipinski definition) is 8. The third-order valence-corrected chi connectivity index (χ3v) is 3.33. The molecule has 0 saturated carbocycles. The first kappa shape index (κ1) is 24.6. The summed E-state index contributed by atoms with van der Waals surface area (Å²) in [5.41, 5.74) is -3.29. The zero-order valence-corrected chi connectivity index (χ0v) is 17.3. The van der Waals surface area contributed by atoms with Crippen LogP contribution in [0, 0.1) is 16.2 Å². The van der Waals surface area contributed by atoms with E-state index in [1.165, 1.54) is 19.1 Å². The molecule has 0 aliphatic rings. The van der Waals surface area contributed by atoms with E-state index in [0.717, 1.165) is 0 Å². The Kier molecular flexibility index (Phi) is 8.69. The predicted molar refractivity (Wildman–Crippen MR) is 95.9 cm³/mol. The molecular formula is C19H30O8. The first-order chi connectivity index (χ1) is 12.2. The van der Waals surface area contributed by atoms with E-state index < -0.39 is 53.7 Å². The van der Waals surface area contributed by atoms with E-state index in [2.05, 4.69) is 0 Å². The minimum Gasteiger partial charge on any atom is -0.427 e. The largest absolute Gasteiger partial charge is 0.427 e. The van der Waals surface area contributed by atoms with Gasteiger partial charge in [-0.25, -0.2) is 0 Å². The summed E-state index contributed by atoms with van der Waals surface area (Å²) in [5.74, 6) is -3.04. The zero-order chi connectivity index (χ0) is 21.5. The maximum Gasteiger partial charge on any atom is 0.330 e. The molecular weight excluding hydrogens is 356 g/mol. The van der Waals surface area contributed by atoms with Crippen molar-refractivity contribution < 1.29 is 38.1 Å². The molecule has 0 bridgehead atoms. The van der Waals surface area contributed by atoms with Crippen molar-refractivity contribution in [2.45, 2.75) is 55.4 Å². The lowest BCUT2D eigenvalue weighted by atomic mass is 9.90. The smallest absolute Gasteiger partial charge is 0.330 e. The molecule has 0 aliphatic heterocycles. The Bertz CT molecular complexity index is 546. The van der Waals surface area contributed by atoms with Crippen LogP contribution >= 0.6 is 0 Å². The van der Waals surface area contributed by atoms with Crippen LogP contribution in [0.15, 0.2) is 12.2 Å². The van der Waals surface area contributed by atoms with Gasteiger partial charge in [-0.1, -0.05) is 12.2 Å². The molecule has 8 nitrogen and oxygen atoms in total. The summed E-state index contributed by atoms with van der Waals surface area (Å²) in [6.45, 7) is 11.5. The average molecular weight is 386 g/mol. The SMILES string of the molecule is CC=CC(C)(C(=O)OCOC(=O)C(C)(C)C)C(=O)OCOC(=O)C(C)(C)C. The van der Waals surface area contributed by atoms with Gasteiger partial charge in [0.1, 0.15) is 0 Å². The number of carbonyl (C=O) groups is 4. The van der Waals surface area contributed by atoms with Gasteiger partial charge in [-0.05, 0) is 55.4 Å². The summed E-state index contributed by atoms with van der Waals surface area (Å²) in [6, 6.07) is 0. The average Bonchev–Trinajstić information content (AvgIpc) is 2.52. The van der Waals surface area contributed by atoms with E-state index >= 15 is 0 Å². The van der Waals surface area contributed by atoms with Crippen LogP contribution in [-0.2, 0) is 38.1 Å². The molecule has 0 aromatic heterocycles. The molecule has 0 spiro atoms. The van der Waals surface area contributed by atoms with Gasteiger partial charge in [0, 0.05) is 0 Å². The minimum absolute atomic E-state index is 0.556. The van der Waals surface area contributed by atoms with Crippen LogP contribution in [0.25, 0.3) is 0 Å². The van der Waals surface area contributed by atoms with Crippen molar-refractivity contribution in [2.24, 2.45) is 16.2 Å².